The number of fused-ring (bicyclic) bond motifs is 1. The SMILES string of the molecule is COc1ccc2ccccc2c1N1CCCN(CC2CCCN(C(=O)C3CCCC3)C2)CC1. The number of rotatable bonds is 5. The molecule has 1 unspecified atom stereocenters. The van der Waals surface area contributed by atoms with E-state index in [9.17, 15) is 4.79 Å². The van der Waals surface area contributed by atoms with Crippen LogP contribution >= 0.6 is 0 Å². The van der Waals surface area contributed by atoms with Crippen molar-refractivity contribution in [3.63, 3.8) is 0 Å². The molecule has 2 aromatic rings. The second-order valence-corrected chi connectivity index (χ2v) is 10.3. The summed E-state index contributed by atoms with van der Waals surface area (Å²) in [5.41, 5.74) is 1.24. The molecule has 0 aromatic heterocycles. The lowest BCUT2D eigenvalue weighted by Gasteiger charge is -2.36. The zero-order valence-electron chi connectivity index (χ0n) is 20.2. The summed E-state index contributed by atoms with van der Waals surface area (Å²) in [6, 6.07) is 12.9. The summed E-state index contributed by atoms with van der Waals surface area (Å²) in [4.78, 5) is 20.3. The molecular weight excluding hydrogens is 410 g/mol. The van der Waals surface area contributed by atoms with Crippen LogP contribution in [0.25, 0.3) is 10.8 Å². The molecule has 0 radical (unpaired) electrons. The molecule has 2 saturated heterocycles. The van der Waals surface area contributed by atoms with Crippen molar-refractivity contribution >= 4 is 22.4 Å². The summed E-state index contributed by atoms with van der Waals surface area (Å²) in [5, 5.41) is 2.54. The lowest BCUT2D eigenvalue weighted by molar-refractivity contribution is -0.137. The molecular formula is C28H39N3O2. The van der Waals surface area contributed by atoms with E-state index in [0.717, 1.165) is 77.2 Å². The van der Waals surface area contributed by atoms with Gasteiger partial charge in [-0.1, -0.05) is 43.2 Å². The minimum Gasteiger partial charge on any atom is -0.495 e. The van der Waals surface area contributed by atoms with Gasteiger partial charge in [0.1, 0.15) is 5.75 Å². The van der Waals surface area contributed by atoms with E-state index >= 15 is 0 Å². The lowest BCUT2D eigenvalue weighted by atomic mass is 9.95. The molecule has 178 valence electrons. The first-order valence-corrected chi connectivity index (χ1v) is 13.0. The molecule has 1 amide bonds. The molecule has 2 aliphatic heterocycles. The second kappa shape index (κ2) is 10.3. The van der Waals surface area contributed by atoms with Gasteiger partial charge in [0.15, 0.2) is 0 Å². The molecule has 5 nitrogen and oxygen atoms in total. The van der Waals surface area contributed by atoms with Gasteiger partial charge in [0, 0.05) is 50.6 Å². The molecule has 1 aliphatic carbocycles. The zero-order valence-corrected chi connectivity index (χ0v) is 20.2. The van der Waals surface area contributed by atoms with Gasteiger partial charge in [0.25, 0.3) is 0 Å². The number of anilines is 1. The average molecular weight is 450 g/mol. The number of likely N-dealkylation sites (tertiary alicyclic amines) is 1. The topological polar surface area (TPSA) is 36.0 Å². The van der Waals surface area contributed by atoms with Gasteiger partial charge in [0.2, 0.25) is 5.91 Å². The van der Waals surface area contributed by atoms with Gasteiger partial charge in [-0.05, 0) is 56.0 Å². The molecule has 5 rings (SSSR count). The van der Waals surface area contributed by atoms with Crippen LogP contribution in [0.2, 0.25) is 0 Å². The maximum absolute atomic E-state index is 13.0. The van der Waals surface area contributed by atoms with Gasteiger partial charge in [-0.15, -0.1) is 0 Å². The molecule has 5 heteroatoms. The summed E-state index contributed by atoms with van der Waals surface area (Å²) < 4.78 is 5.78. The Hall–Kier alpha value is -2.27. The molecule has 2 aromatic carbocycles. The van der Waals surface area contributed by atoms with Crippen molar-refractivity contribution in [1.29, 1.82) is 0 Å². The summed E-state index contributed by atoms with van der Waals surface area (Å²) in [6.07, 6.45) is 8.27. The third-order valence-corrected chi connectivity index (χ3v) is 8.04. The van der Waals surface area contributed by atoms with Gasteiger partial charge in [-0.25, -0.2) is 0 Å². The number of amides is 1. The highest BCUT2D eigenvalue weighted by Gasteiger charge is 2.31. The van der Waals surface area contributed by atoms with E-state index in [-0.39, 0.29) is 0 Å². The number of hydrogen-bond acceptors (Lipinski definition) is 4. The zero-order chi connectivity index (χ0) is 22.6. The van der Waals surface area contributed by atoms with E-state index in [0.29, 0.717) is 17.7 Å². The molecule has 33 heavy (non-hydrogen) atoms. The Labute approximate surface area is 198 Å². The number of carbonyl (C=O) groups excluding carboxylic acids is 1. The number of piperidine rings is 1. The quantitative estimate of drug-likeness (QED) is 0.658. The Morgan fingerprint density at radius 2 is 1.76 bits per heavy atom. The van der Waals surface area contributed by atoms with Crippen LogP contribution in [-0.2, 0) is 4.79 Å². The Kier molecular flexibility index (Phi) is 7.05. The maximum atomic E-state index is 13.0. The number of nitrogens with zero attached hydrogens (tertiary/aromatic N) is 3. The molecule has 2 heterocycles. The molecule has 0 N–H and O–H groups in total. The highest BCUT2D eigenvalue weighted by Crippen LogP contribution is 2.37. The predicted molar refractivity (Wildman–Crippen MR) is 135 cm³/mol. The van der Waals surface area contributed by atoms with Crippen LogP contribution in [0.4, 0.5) is 5.69 Å². The third kappa shape index (κ3) is 4.98. The van der Waals surface area contributed by atoms with Gasteiger partial charge in [0.05, 0.1) is 12.8 Å². The third-order valence-electron chi connectivity index (χ3n) is 8.04. The first-order valence-electron chi connectivity index (χ1n) is 13.0. The van der Waals surface area contributed by atoms with Crippen molar-refractivity contribution < 1.29 is 9.53 Å². The van der Waals surface area contributed by atoms with Gasteiger partial charge in [-0.3, -0.25) is 4.79 Å². The second-order valence-electron chi connectivity index (χ2n) is 10.3. The predicted octanol–water partition coefficient (Wildman–Crippen LogP) is 4.79. The summed E-state index contributed by atoms with van der Waals surface area (Å²) in [6.45, 7) is 7.33. The van der Waals surface area contributed by atoms with E-state index in [1.54, 1.807) is 7.11 Å². The van der Waals surface area contributed by atoms with Crippen molar-refractivity contribution in [2.75, 3.05) is 57.8 Å². The molecule has 1 atom stereocenters. The van der Waals surface area contributed by atoms with E-state index < -0.39 is 0 Å². The van der Waals surface area contributed by atoms with Crippen molar-refractivity contribution in [3.05, 3.63) is 36.4 Å². The van der Waals surface area contributed by atoms with E-state index in [1.165, 1.54) is 35.7 Å². The fourth-order valence-corrected chi connectivity index (χ4v) is 6.31. The number of hydrogen-bond donors (Lipinski definition) is 0. The number of ether oxygens (including phenoxy) is 1. The number of methoxy groups -OCH3 is 1. The van der Waals surface area contributed by atoms with E-state index in [2.05, 4.69) is 51.1 Å². The van der Waals surface area contributed by atoms with Crippen LogP contribution in [0, 0.1) is 11.8 Å². The van der Waals surface area contributed by atoms with Crippen LogP contribution in [0.15, 0.2) is 36.4 Å². The largest absolute Gasteiger partial charge is 0.495 e. The molecule has 0 spiro atoms. The summed E-state index contributed by atoms with van der Waals surface area (Å²) in [5.74, 6) is 2.34. The number of benzene rings is 2. The molecule has 1 saturated carbocycles. The van der Waals surface area contributed by atoms with Gasteiger partial charge in [-0.2, -0.15) is 0 Å². The molecule has 3 fully saturated rings. The summed E-state index contributed by atoms with van der Waals surface area (Å²) in [7, 11) is 1.78. The Bertz CT molecular complexity index is 955. The highest BCUT2D eigenvalue weighted by atomic mass is 16.5. The molecule has 0 bridgehead atoms. The van der Waals surface area contributed by atoms with Crippen LogP contribution in [0.5, 0.6) is 5.75 Å². The van der Waals surface area contributed by atoms with Crippen molar-refractivity contribution in [2.24, 2.45) is 11.8 Å². The fraction of sp³-hybridized carbons (Fsp3) is 0.607. The van der Waals surface area contributed by atoms with E-state index in [1.807, 2.05) is 0 Å². The van der Waals surface area contributed by atoms with Gasteiger partial charge >= 0.3 is 0 Å². The Morgan fingerprint density at radius 1 is 0.909 bits per heavy atom. The monoisotopic (exact) mass is 449 g/mol. The summed E-state index contributed by atoms with van der Waals surface area (Å²) >= 11 is 0. The smallest absolute Gasteiger partial charge is 0.225 e. The normalized spacial score (nSPS) is 23.1. The van der Waals surface area contributed by atoms with Crippen LogP contribution in [0.3, 0.4) is 0 Å². The van der Waals surface area contributed by atoms with E-state index in [4.69, 9.17) is 4.74 Å². The minimum atomic E-state index is 0.311. The minimum absolute atomic E-state index is 0.311. The van der Waals surface area contributed by atoms with Crippen molar-refractivity contribution in [3.8, 4) is 5.75 Å². The Morgan fingerprint density at radius 3 is 2.61 bits per heavy atom. The first-order chi connectivity index (χ1) is 16.2. The lowest BCUT2D eigenvalue weighted by Crippen LogP contribution is -2.46. The highest BCUT2D eigenvalue weighted by molar-refractivity contribution is 5.97. The first kappa shape index (κ1) is 22.5. The van der Waals surface area contributed by atoms with Crippen LogP contribution < -0.4 is 9.64 Å². The molecule has 3 aliphatic rings. The van der Waals surface area contributed by atoms with Crippen LogP contribution in [-0.4, -0.2) is 68.6 Å². The van der Waals surface area contributed by atoms with Crippen molar-refractivity contribution in [2.45, 2.75) is 44.9 Å². The fourth-order valence-electron chi connectivity index (χ4n) is 6.31. The average Bonchev–Trinajstić information content (AvgIpc) is 3.30. The number of carbonyl (C=O) groups is 1. The van der Waals surface area contributed by atoms with Gasteiger partial charge < -0.3 is 19.4 Å². The standard InChI is InChI=1S/C28H39N3O2/c1-33-26-14-13-23-9-4-5-12-25(23)27(26)30-17-7-15-29(18-19-30)20-22-8-6-16-31(21-22)28(32)24-10-2-3-11-24/h4-5,9,12-14,22,24H,2-3,6-8,10-11,15-21H2,1H3. The van der Waals surface area contributed by atoms with Crippen LogP contribution in [0.1, 0.15) is 44.9 Å². The maximum Gasteiger partial charge on any atom is 0.225 e. The van der Waals surface area contributed by atoms with Crippen molar-refractivity contribution in [1.82, 2.24) is 9.80 Å². The Balaban J connectivity index is 1.22.